The SMILES string of the molecule is CCNC(=NCCc1ccc2ccccc2n1)NC1CCCC1. The minimum Gasteiger partial charge on any atom is -0.357 e. The molecule has 0 amide bonds. The van der Waals surface area contributed by atoms with Gasteiger partial charge in [-0.1, -0.05) is 37.1 Å². The van der Waals surface area contributed by atoms with Crippen molar-refractivity contribution < 1.29 is 0 Å². The van der Waals surface area contributed by atoms with Crippen LogP contribution in [0.5, 0.6) is 0 Å². The summed E-state index contributed by atoms with van der Waals surface area (Å²) in [5.74, 6) is 0.945. The molecule has 0 spiro atoms. The highest BCUT2D eigenvalue weighted by molar-refractivity contribution is 5.80. The second-order valence-electron chi connectivity index (χ2n) is 6.13. The third kappa shape index (κ3) is 4.44. The molecule has 1 heterocycles. The van der Waals surface area contributed by atoms with Crippen LogP contribution in [0, 0.1) is 0 Å². The summed E-state index contributed by atoms with van der Waals surface area (Å²) in [7, 11) is 0. The molecule has 0 saturated heterocycles. The Balaban J connectivity index is 1.59. The van der Waals surface area contributed by atoms with E-state index in [9.17, 15) is 0 Å². The number of nitrogens with zero attached hydrogens (tertiary/aromatic N) is 2. The Bertz CT molecular complexity index is 659. The Kier molecular flexibility index (Phi) is 5.46. The predicted molar refractivity (Wildman–Crippen MR) is 96.8 cm³/mol. The minimum absolute atomic E-state index is 0.589. The lowest BCUT2D eigenvalue weighted by molar-refractivity contribution is 0.614. The Hall–Kier alpha value is -2.10. The Labute approximate surface area is 138 Å². The largest absolute Gasteiger partial charge is 0.357 e. The normalized spacial score (nSPS) is 16.0. The summed E-state index contributed by atoms with van der Waals surface area (Å²) in [5.41, 5.74) is 2.16. The number of para-hydroxylation sites is 1. The highest BCUT2D eigenvalue weighted by atomic mass is 15.2. The first-order valence-electron chi connectivity index (χ1n) is 8.74. The van der Waals surface area contributed by atoms with Crippen molar-refractivity contribution in [3.8, 4) is 0 Å². The highest BCUT2D eigenvalue weighted by Gasteiger charge is 2.15. The number of guanidine groups is 1. The minimum atomic E-state index is 0.589. The zero-order chi connectivity index (χ0) is 15.9. The summed E-state index contributed by atoms with van der Waals surface area (Å²) in [6.07, 6.45) is 6.05. The molecule has 0 atom stereocenters. The maximum absolute atomic E-state index is 4.71. The van der Waals surface area contributed by atoms with Crippen molar-refractivity contribution >= 4 is 16.9 Å². The number of rotatable bonds is 5. The fourth-order valence-electron chi connectivity index (χ4n) is 3.11. The van der Waals surface area contributed by atoms with Crippen LogP contribution in [0.2, 0.25) is 0 Å². The van der Waals surface area contributed by atoms with Crippen LogP contribution in [0.25, 0.3) is 10.9 Å². The van der Waals surface area contributed by atoms with Gasteiger partial charge < -0.3 is 10.6 Å². The number of hydrogen-bond acceptors (Lipinski definition) is 2. The zero-order valence-corrected chi connectivity index (χ0v) is 13.9. The number of aliphatic imine (C=N–C) groups is 1. The van der Waals surface area contributed by atoms with Gasteiger partial charge >= 0.3 is 0 Å². The molecule has 0 bridgehead atoms. The van der Waals surface area contributed by atoms with E-state index in [-0.39, 0.29) is 0 Å². The number of nitrogens with one attached hydrogen (secondary N) is 2. The second-order valence-corrected chi connectivity index (χ2v) is 6.13. The molecule has 4 nitrogen and oxygen atoms in total. The quantitative estimate of drug-likeness (QED) is 0.658. The summed E-state index contributed by atoms with van der Waals surface area (Å²) >= 11 is 0. The summed E-state index contributed by atoms with van der Waals surface area (Å²) < 4.78 is 0. The van der Waals surface area contributed by atoms with Gasteiger partial charge in [0, 0.05) is 36.6 Å². The smallest absolute Gasteiger partial charge is 0.191 e. The van der Waals surface area contributed by atoms with Gasteiger partial charge in [-0.2, -0.15) is 0 Å². The van der Waals surface area contributed by atoms with Crippen molar-refractivity contribution in [1.29, 1.82) is 0 Å². The first-order valence-corrected chi connectivity index (χ1v) is 8.74. The third-order valence-corrected chi connectivity index (χ3v) is 4.33. The molecule has 1 fully saturated rings. The van der Waals surface area contributed by atoms with E-state index in [2.05, 4.69) is 41.8 Å². The lowest BCUT2D eigenvalue weighted by Gasteiger charge is -2.16. The average Bonchev–Trinajstić information content (AvgIpc) is 3.08. The zero-order valence-electron chi connectivity index (χ0n) is 13.9. The van der Waals surface area contributed by atoms with Crippen molar-refractivity contribution in [3.05, 3.63) is 42.1 Å². The van der Waals surface area contributed by atoms with E-state index in [4.69, 9.17) is 9.98 Å². The lowest BCUT2D eigenvalue weighted by atomic mass is 10.2. The van der Waals surface area contributed by atoms with Crippen LogP contribution >= 0.6 is 0 Å². The molecule has 2 N–H and O–H groups in total. The summed E-state index contributed by atoms with van der Waals surface area (Å²) in [6.45, 7) is 3.76. The van der Waals surface area contributed by atoms with Crippen LogP contribution in [0.1, 0.15) is 38.3 Å². The van der Waals surface area contributed by atoms with Crippen LogP contribution in [-0.4, -0.2) is 30.1 Å². The molecule has 2 aromatic rings. The molecule has 4 heteroatoms. The molecule has 1 aromatic carbocycles. The van der Waals surface area contributed by atoms with E-state index in [1.54, 1.807) is 0 Å². The van der Waals surface area contributed by atoms with Crippen LogP contribution in [0.15, 0.2) is 41.4 Å². The molecule has 1 saturated carbocycles. The molecule has 1 aliphatic rings. The van der Waals surface area contributed by atoms with Crippen molar-refractivity contribution in [2.24, 2.45) is 4.99 Å². The lowest BCUT2D eigenvalue weighted by Crippen LogP contribution is -2.42. The Morgan fingerprint density at radius 3 is 2.83 bits per heavy atom. The molecule has 3 rings (SSSR count). The highest BCUT2D eigenvalue weighted by Crippen LogP contribution is 2.17. The molecule has 0 radical (unpaired) electrons. The molecule has 0 aliphatic heterocycles. The van der Waals surface area contributed by atoms with Crippen molar-refractivity contribution in [2.75, 3.05) is 13.1 Å². The maximum Gasteiger partial charge on any atom is 0.191 e. The number of fused-ring (bicyclic) bond motifs is 1. The second kappa shape index (κ2) is 7.95. The molecule has 0 unspecified atom stereocenters. The number of pyridine rings is 1. The van der Waals surface area contributed by atoms with Crippen LogP contribution in [0.4, 0.5) is 0 Å². The predicted octanol–water partition coefficient (Wildman–Crippen LogP) is 3.28. The Morgan fingerprint density at radius 2 is 2.00 bits per heavy atom. The third-order valence-electron chi connectivity index (χ3n) is 4.33. The molecular weight excluding hydrogens is 284 g/mol. The fraction of sp³-hybridized carbons (Fsp3) is 0.474. The first-order chi connectivity index (χ1) is 11.3. The first kappa shape index (κ1) is 15.8. The van der Waals surface area contributed by atoms with E-state index < -0.39 is 0 Å². The van der Waals surface area contributed by atoms with Gasteiger partial charge in [0.2, 0.25) is 0 Å². The van der Waals surface area contributed by atoms with Gasteiger partial charge in [0.15, 0.2) is 5.96 Å². The van der Waals surface area contributed by atoms with Gasteiger partial charge in [-0.3, -0.25) is 9.98 Å². The van der Waals surface area contributed by atoms with Gasteiger partial charge in [0.25, 0.3) is 0 Å². The average molecular weight is 310 g/mol. The van der Waals surface area contributed by atoms with E-state index in [1.807, 2.05) is 12.1 Å². The monoisotopic (exact) mass is 310 g/mol. The van der Waals surface area contributed by atoms with E-state index in [0.29, 0.717) is 6.04 Å². The van der Waals surface area contributed by atoms with Gasteiger partial charge in [-0.15, -0.1) is 0 Å². The fourth-order valence-corrected chi connectivity index (χ4v) is 3.11. The summed E-state index contributed by atoms with van der Waals surface area (Å²) in [4.78, 5) is 9.42. The van der Waals surface area contributed by atoms with E-state index in [1.165, 1.54) is 31.1 Å². The van der Waals surface area contributed by atoms with Gasteiger partial charge in [-0.25, -0.2) is 0 Å². The molecule has 1 aliphatic carbocycles. The molecule has 23 heavy (non-hydrogen) atoms. The van der Waals surface area contributed by atoms with E-state index in [0.717, 1.165) is 36.7 Å². The Morgan fingerprint density at radius 1 is 1.17 bits per heavy atom. The van der Waals surface area contributed by atoms with Gasteiger partial charge in [-0.05, 0) is 31.9 Å². The number of hydrogen-bond donors (Lipinski definition) is 2. The van der Waals surface area contributed by atoms with Crippen molar-refractivity contribution in [2.45, 2.75) is 45.1 Å². The van der Waals surface area contributed by atoms with Crippen LogP contribution in [0.3, 0.4) is 0 Å². The van der Waals surface area contributed by atoms with Crippen molar-refractivity contribution in [1.82, 2.24) is 15.6 Å². The molecule has 122 valence electrons. The summed E-state index contributed by atoms with van der Waals surface area (Å²) in [6, 6.07) is 13.1. The molecule has 1 aromatic heterocycles. The summed E-state index contributed by atoms with van der Waals surface area (Å²) in [5, 5.41) is 8.09. The van der Waals surface area contributed by atoms with Crippen LogP contribution < -0.4 is 10.6 Å². The van der Waals surface area contributed by atoms with Gasteiger partial charge in [0.1, 0.15) is 0 Å². The van der Waals surface area contributed by atoms with Crippen molar-refractivity contribution in [3.63, 3.8) is 0 Å². The number of benzene rings is 1. The number of aromatic nitrogens is 1. The maximum atomic E-state index is 4.71. The standard InChI is InChI=1S/C19H26N4/c1-2-20-19(23-16-8-4-5-9-16)21-14-13-17-12-11-15-7-3-6-10-18(15)22-17/h3,6-7,10-12,16H,2,4-5,8-9,13-14H2,1H3,(H2,20,21,23). The van der Waals surface area contributed by atoms with Gasteiger partial charge in [0.05, 0.1) is 5.52 Å². The molecular formula is C19H26N4. The topological polar surface area (TPSA) is 49.3 Å². The van der Waals surface area contributed by atoms with E-state index >= 15 is 0 Å². The van der Waals surface area contributed by atoms with Crippen LogP contribution in [-0.2, 0) is 6.42 Å².